The molecule has 0 aromatic carbocycles. The van der Waals surface area contributed by atoms with Gasteiger partial charge in [-0.15, -0.1) is 0 Å². The fraction of sp³-hybridized carbons (Fsp3) is 1.00. The summed E-state index contributed by atoms with van der Waals surface area (Å²) < 4.78 is 0. The van der Waals surface area contributed by atoms with Crippen LogP contribution in [0.2, 0.25) is 0 Å². The third-order valence-corrected chi connectivity index (χ3v) is 8.77. The van der Waals surface area contributed by atoms with Crippen molar-refractivity contribution in [2.75, 3.05) is 20.1 Å². The third kappa shape index (κ3) is 34.0. The second kappa shape index (κ2) is 31.5. The Morgan fingerprint density at radius 1 is 0.289 bits per heavy atom. The van der Waals surface area contributed by atoms with Crippen molar-refractivity contribution < 1.29 is 4.90 Å². The molecule has 230 valence electrons. The molecule has 0 aromatic rings. The fourth-order valence-electron chi connectivity index (χ4n) is 5.97. The predicted octanol–water partition coefficient (Wildman–Crippen LogP) is 11.7. The molecular weight excluding hydrogens is 458 g/mol. The van der Waals surface area contributed by atoms with Gasteiger partial charge in [0.15, 0.2) is 0 Å². The van der Waals surface area contributed by atoms with E-state index in [0.29, 0.717) is 0 Å². The largest absolute Gasteiger partial charge is 0.337 e. The van der Waals surface area contributed by atoms with Gasteiger partial charge in [0.05, 0.1) is 20.1 Å². The first-order valence-corrected chi connectivity index (χ1v) is 18.3. The van der Waals surface area contributed by atoms with Crippen LogP contribution in [0.15, 0.2) is 0 Å². The zero-order valence-electron chi connectivity index (χ0n) is 27.9. The Bertz CT molecular complexity index is 377. The molecule has 0 aromatic heterocycles. The molecule has 1 heteroatoms. The van der Waals surface area contributed by atoms with Crippen LogP contribution in [0.3, 0.4) is 0 Å². The summed E-state index contributed by atoms with van der Waals surface area (Å²) in [7, 11) is 2.43. The van der Waals surface area contributed by atoms with E-state index in [0.717, 1.165) is 11.8 Å². The number of rotatable bonds is 32. The molecule has 1 N–H and O–H groups in total. The molecule has 1 nitrogen and oxygen atoms in total. The van der Waals surface area contributed by atoms with Gasteiger partial charge in [-0.3, -0.25) is 0 Å². The van der Waals surface area contributed by atoms with Gasteiger partial charge in [-0.05, 0) is 37.5 Å². The molecule has 38 heavy (non-hydrogen) atoms. The Balaban J connectivity index is 3.15. The lowest BCUT2D eigenvalue weighted by atomic mass is 10.0. The first-order valence-electron chi connectivity index (χ1n) is 18.3. The second-order valence-corrected chi connectivity index (χ2v) is 14.0. The summed E-state index contributed by atoms with van der Waals surface area (Å²) in [5.74, 6) is 1.79. The standard InChI is InChI=1S/C37H77N/c1-36(2)32-28-24-20-16-12-8-6-10-14-18-22-26-30-34-38(5)35-31-27-23-19-15-11-7-9-13-17-21-25-29-33-37(3)4/h36-37H,6-35H2,1-5H3/p+1. The van der Waals surface area contributed by atoms with E-state index in [4.69, 9.17) is 0 Å². The molecule has 0 spiro atoms. The Morgan fingerprint density at radius 2 is 0.474 bits per heavy atom. The molecule has 0 amide bonds. The maximum absolute atomic E-state index is 2.43. The Hall–Kier alpha value is -0.0400. The monoisotopic (exact) mass is 537 g/mol. The molecule has 0 atom stereocenters. The minimum absolute atomic E-state index is 0.894. The smallest absolute Gasteiger partial charge is 0.0768 e. The van der Waals surface area contributed by atoms with Gasteiger partial charge in [0.25, 0.3) is 0 Å². The van der Waals surface area contributed by atoms with Gasteiger partial charge >= 0.3 is 0 Å². The van der Waals surface area contributed by atoms with E-state index >= 15 is 0 Å². The highest BCUT2D eigenvalue weighted by Gasteiger charge is 2.02. The summed E-state index contributed by atoms with van der Waals surface area (Å²) in [4.78, 5) is 1.78. The van der Waals surface area contributed by atoms with E-state index < -0.39 is 0 Å². The summed E-state index contributed by atoms with van der Waals surface area (Å²) in [6, 6.07) is 0. The maximum Gasteiger partial charge on any atom is 0.0768 e. The number of hydrogen-bond acceptors (Lipinski definition) is 0. The second-order valence-electron chi connectivity index (χ2n) is 14.0. The van der Waals surface area contributed by atoms with Crippen molar-refractivity contribution in [1.82, 2.24) is 0 Å². The van der Waals surface area contributed by atoms with E-state index in [2.05, 4.69) is 34.7 Å². The zero-order valence-corrected chi connectivity index (χ0v) is 27.9. The van der Waals surface area contributed by atoms with Crippen molar-refractivity contribution in [1.29, 1.82) is 0 Å². The van der Waals surface area contributed by atoms with Gasteiger partial charge in [-0.25, -0.2) is 0 Å². The van der Waals surface area contributed by atoms with E-state index in [1.54, 1.807) is 4.90 Å². The van der Waals surface area contributed by atoms with Crippen LogP contribution in [0.25, 0.3) is 0 Å². The first kappa shape index (κ1) is 38.0. The van der Waals surface area contributed by atoms with Crippen LogP contribution in [-0.2, 0) is 0 Å². The third-order valence-electron chi connectivity index (χ3n) is 8.77. The van der Waals surface area contributed by atoms with Crippen molar-refractivity contribution in [3.63, 3.8) is 0 Å². The van der Waals surface area contributed by atoms with Crippen molar-refractivity contribution >= 4 is 0 Å². The highest BCUT2D eigenvalue weighted by atomic mass is 15.1. The maximum atomic E-state index is 2.43. The summed E-state index contributed by atoms with van der Waals surface area (Å²) in [5.41, 5.74) is 0. The predicted molar refractivity (Wildman–Crippen MR) is 176 cm³/mol. The van der Waals surface area contributed by atoms with Gasteiger partial charge < -0.3 is 4.90 Å². The molecular formula is C37H78N+. The van der Waals surface area contributed by atoms with Crippen LogP contribution in [-0.4, -0.2) is 20.1 Å². The normalized spacial score (nSPS) is 12.0. The summed E-state index contributed by atoms with van der Waals surface area (Å²) >= 11 is 0. The average molecular weight is 537 g/mol. The Labute approximate surface area is 244 Å². The zero-order chi connectivity index (χ0) is 27.9. The quantitative estimate of drug-likeness (QED) is 0.0815. The van der Waals surface area contributed by atoms with Crippen molar-refractivity contribution in [3.05, 3.63) is 0 Å². The van der Waals surface area contributed by atoms with Crippen molar-refractivity contribution in [2.45, 2.75) is 207 Å². The molecule has 0 aliphatic heterocycles. The highest BCUT2D eigenvalue weighted by molar-refractivity contribution is 4.52. The van der Waals surface area contributed by atoms with Crippen LogP contribution < -0.4 is 4.90 Å². The van der Waals surface area contributed by atoms with Gasteiger partial charge in [-0.1, -0.05) is 182 Å². The molecule has 0 rings (SSSR count). The lowest BCUT2D eigenvalue weighted by Crippen LogP contribution is -3.09. The van der Waals surface area contributed by atoms with E-state index in [-0.39, 0.29) is 0 Å². The van der Waals surface area contributed by atoms with Crippen LogP contribution in [0.4, 0.5) is 0 Å². The van der Waals surface area contributed by atoms with E-state index in [1.807, 2.05) is 0 Å². The molecule has 0 aliphatic carbocycles. The summed E-state index contributed by atoms with van der Waals surface area (Å²) in [6.07, 6.45) is 41.2. The Morgan fingerprint density at radius 3 is 0.684 bits per heavy atom. The minimum atomic E-state index is 0.894. The Kier molecular flexibility index (Phi) is 31.5. The molecule has 0 fully saturated rings. The molecule has 0 unspecified atom stereocenters. The molecule has 0 saturated carbocycles. The van der Waals surface area contributed by atoms with Gasteiger partial charge in [0.1, 0.15) is 0 Å². The van der Waals surface area contributed by atoms with Gasteiger partial charge in [0.2, 0.25) is 0 Å². The SMILES string of the molecule is CC(C)CCCCCCCCCCCCCCC[NH+](C)CCCCCCCCCCCCCCCC(C)C. The summed E-state index contributed by atoms with van der Waals surface area (Å²) in [5, 5.41) is 0. The molecule has 0 heterocycles. The highest BCUT2D eigenvalue weighted by Crippen LogP contribution is 2.15. The molecule has 0 aliphatic rings. The van der Waals surface area contributed by atoms with Crippen LogP contribution in [0, 0.1) is 11.8 Å². The van der Waals surface area contributed by atoms with Crippen molar-refractivity contribution in [3.8, 4) is 0 Å². The number of unbranched alkanes of at least 4 members (excludes halogenated alkanes) is 24. The molecule has 0 saturated heterocycles. The topological polar surface area (TPSA) is 4.44 Å². The lowest BCUT2D eigenvalue weighted by Gasteiger charge is -2.13. The number of hydrogen-bond donors (Lipinski definition) is 1. The minimum Gasteiger partial charge on any atom is -0.337 e. The van der Waals surface area contributed by atoms with Crippen LogP contribution in [0.1, 0.15) is 207 Å². The molecule has 0 radical (unpaired) electrons. The van der Waals surface area contributed by atoms with Gasteiger partial charge in [-0.2, -0.15) is 0 Å². The number of nitrogens with one attached hydrogen (secondary N) is 1. The molecule has 0 bridgehead atoms. The van der Waals surface area contributed by atoms with E-state index in [1.165, 1.54) is 193 Å². The summed E-state index contributed by atoms with van der Waals surface area (Å²) in [6.45, 7) is 12.2. The van der Waals surface area contributed by atoms with Crippen LogP contribution in [0.5, 0.6) is 0 Å². The van der Waals surface area contributed by atoms with Crippen molar-refractivity contribution in [2.24, 2.45) is 11.8 Å². The first-order chi connectivity index (χ1) is 18.5. The van der Waals surface area contributed by atoms with Crippen LogP contribution >= 0.6 is 0 Å². The van der Waals surface area contributed by atoms with Gasteiger partial charge in [0, 0.05) is 0 Å². The number of quaternary nitrogens is 1. The van der Waals surface area contributed by atoms with E-state index in [9.17, 15) is 0 Å². The fourth-order valence-corrected chi connectivity index (χ4v) is 5.97. The average Bonchev–Trinajstić information content (AvgIpc) is 2.88. The lowest BCUT2D eigenvalue weighted by molar-refractivity contribution is -0.880.